The molecule has 0 bridgehead atoms. The van der Waals surface area contributed by atoms with Gasteiger partial charge in [0.15, 0.2) is 0 Å². The molecule has 0 saturated heterocycles. The van der Waals surface area contributed by atoms with Crippen LogP contribution < -0.4 is 10.5 Å². The topological polar surface area (TPSA) is 55.5 Å². The van der Waals surface area contributed by atoms with Crippen molar-refractivity contribution in [2.45, 2.75) is 25.9 Å². The Kier molecular flexibility index (Phi) is 4.12. The van der Waals surface area contributed by atoms with E-state index in [1.165, 1.54) is 0 Å². The molecule has 2 atom stereocenters. The molecular weight excluding hydrogens is 190 g/mol. The van der Waals surface area contributed by atoms with Gasteiger partial charge >= 0.3 is 0 Å². The molecule has 0 aromatic heterocycles. The van der Waals surface area contributed by atoms with Gasteiger partial charge in [0.1, 0.15) is 5.75 Å². The lowest BCUT2D eigenvalue weighted by Gasteiger charge is -2.20. The van der Waals surface area contributed by atoms with Crippen LogP contribution in [0.4, 0.5) is 0 Å². The summed E-state index contributed by atoms with van der Waals surface area (Å²) < 4.78 is 5.26. The fraction of sp³-hybridized carbons (Fsp3) is 0.500. The van der Waals surface area contributed by atoms with E-state index in [0.717, 1.165) is 16.9 Å². The SMILES string of the molecule is COc1ccc(C)cc1C(C)C(O)CN. The smallest absolute Gasteiger partial charge is 0.122 e. The molecule has 0 heterocycles. The maximum Gasteiger partial charge on any atom is 0.122 e. The van der Waals surface area contributed by atoms with Crippen LogP contribution in [0.3, 0.4) is 0 Å². The van der Waals surface area contributed by atoms with Gasteiger partial charge in [-0.15, -0.1) is 0 Å². The zero-order chi connectivity index (χ0) is 11.4. The summed E-state index contributed by atoms with van der Waals surface area (Å²) in [5.41, 5.74) is 7.61. The number of nitrogens with two attached hydrogens (primary N) is 1. The van der Waals surface area contributed by atoms with Crippen molar-refractivity contribution >= 4 is 0 Å². The van der Waals surface area contributed by atoms with Crippen molar-refractivity contribution in [3.63, 3.8) is 0 Å². The molecule has 0 radical (unpaired) electrons. The molecule has 1 rings (SSSR count). The van der Waals surface area contributed by atoms with Crippen molar-refractivity contribution in [2.75, 3.05) is 13.7 Å². The largest absolute Gasteiger partial charge is 0.496 e. The van der Waals surface area contributed by atoms with Crippen LogP contribution in [-0.2, 0) is 0 Å². The zero-order valence-electron chi connectivity index (χ0n) is 9.53. The minimum absolute atomic E-state index is 0.00940. The minimum Gasteiger partial charge on any atom is -0.496 e. The van der Waals surface area contributed by atoms with Gasteiger partial charge in [-0.1, -0.05) is 24.6 Å². The van der Waals surface area contributed by atoms with Crippen molar-refractivity contribution < 1.29 is 9.84 Å². The highest BCUT2D eigenvalue weighted by atomic mass is 16.5. The van der Waals surface area contributed by atoms with Gasteiger partial charge in [0, 0.05) is 12.5 Å². The van der Waals surface area contributed by atoms with E-state index in [4.69, 9.17) is 10.5 Å². The second-order valence-electron chi connectivity index (χ2n) is 3.84. The second-order valence-corrected chi connectivity index (χ2v) is 3.84. The molecule has 1 aromatic carbocycles. The number of methoxy groups -OCH3 is 1. The summed E-state index contributed by atoms with van der Waals surface area (Å²) in [5, 5.41) is 9.71. The van der Waals surface area contributed by atoms with Gasteiger partial charge < -0.3 is 15.6 Å². The standard InChI is InChI=1S/C12H19NO2/c1-8-4-5-12(15-3)10(6-8)9(2)11(14)7-13/h4-6,9,11,14H,7,13H2,1-3H3. The van der Waals surface area contributed by atoms with Crippen LogP contribution in [0.5, 0.6) is 5.75 Å². The van der Waals surface area contributed by atoms with E-state index in [9.17, 15) is 5.11 Å². The Hall–Kier alpha value is -1.06. The Labute approximate surface area is 90.9 Å². The summed E-state index contributed by atoms with van der Waals surface area (Å²) in [6, 6.07) is 5.94. The lowest BCUT2D eigenvalue weighted by Crippen LogP contribution is -2.25. The Morgan fingerprint density at radius 2 is 2.13 bits per heavy atom. The average Bonchev–Trinajstić information content (AvgIpc) is 2.27. The van der Waals surface area contributed by atoms with Gasteiger partial charge in [-0.3, -0.25) is 0 Å². The van der Waals surface area contributed by atoms with E-state index in [2.05, 4.69) is 0 Å². The number of ether oxygens (including phenoxy) is 1. The normalized spacial score (nSPS) is 14.7. The molecule has 0 fully saturated rings. The summed E-state index contributed by atoms with van der Waals surface area (Å²) >= 11 is 0. The summed E-state index contributed by atoms with van der Waals surface area (Å²) in [6.07, 6.45) is -0.527. The number of benzene rings is 1. The first kappa shape index (κ1) is 12.0. The molecule has 3 heteroatoms. The second kappa shape index (κ2) is 5.14. The van der Waals surface area contributed by atoms with Crippen LogP contribution in [-0.4, -0.2) is 24.9 Å². The highest BCUT2D eigenvalue weighted by Crippen LogP contribution is 2.29. The first-order valence-corrected chi connectivity index (χ1v) is 5.12. The van der Waals surface area contributed by atoms with Crippen LogP contribution in [0.2, 0.25) is 0 Å². The molecule has 84 valence electrons. The molecule has 0 amide bonds. The maximum atomic E-state index is 9.71. The summed E-state index contributed by atoms with van der Waals surface area (Å²) in [6.45, 7) is 4.23. The molecule has 0 aliphatic heterocycles. The van der Waals surface area contributed by atoms with Gasteiger partial charge in [0.05, 0.1) is 13.2 Å². The monoisotopic (exact) mass is 209 g/mol. The van der Waals surface area contributed by atoms with Gasteiger partial charge in [-0.05, 0) is 18.6 Å². The van der Waals surface area contributed by atoms with Gasteiger partial charge in [-0.2, -0.15) is 0 Å². The lowest BCUT2D eigenvalue weighted by molar-refractivity contribution is 0.156. The first-order valence-electron chi connectivity index (χ1n) is 5.12. The van der Waals surface area contributed by atoms with Crippen molar-refractivity contribution in [2.24, 2.45) is 5.73 Å². The molecule has 1 aromatic rings. The number of aryl methyl sites for hydroxylation is 1. The molecule has 0 aliphatic rings. The lowest BCUT2D eigenvalue weighted by atomic mass is 9.93. The summed E-state index contributed by atoms with van der Waals surface area (Å²) in [4.78, 5) is 0. The van der Waals surface area contributed by atoms with Gasteiger partial charge in [0.25, 0.3) is 0 Å². The zero-order valence-corrected chi connectivity index (χ0v) is 9.53. The fourth-order valence-corrected chi connectivity index (χ4v) is 1.62. The quantitative estimate of drug-likeness (QED) is 0.788. The molecule has 15 heavy (non-hydrogen) atoms. The van der Waals surface area contributed by atoms with Crippen molar-refractivity contribution in [3.8, 4) is 5.75 Å². The molecule has 0 aliphatic carbocycles. The molecule has 0 saturated carbocycles. The maximum absolute atomic E-state index is 9.71. The highest BCUT2D eigenvalue weighted by molar-refractivity contribution is 5.39. The molecular formula is C12H19NO2. The van der Waals surface area contributed by atoms with Crippen LogP contribution in [0.25, 0.3) is 0 Å². The van der Waals surface area contributed by atoms with Crippen LogP contribution >= 0.6 is 0 Å². The summed E-state index contributed by atoms with van der Waals surface area (Å²) in [7, 11) is 1.63. The fourth-order valence-electron chi connectivity index (χ4n) is 1.62. The first-order chi connectivity index (χ1) is 7.10. The van der Waals surface area contributed by atoms with E-state index in [0.29, 0.717) is 0 Å². The molecule has 0 spiro atoms. The van der Waals surface area contributed by atoms with E-state index < -0.39 is 6.10 Å². The van der Waals surface area contributed by atoms with E-state index in [1.807, 2.05) is 32.0 Å². The van der Waals surface area contributed by atoms with Gasteiger partial charge in [0.2, 0.25) is 0 Å². The Morgan fingerprint density at radius 1 is 1.47 bits per heavy atom. The number of hydrogen-bond acceptors (Lipinski definition) is 3. The average molecular weight is 209 g/mol. The van der Waals surface area contributed by atoms with E-state index >= 15 is 0 Å². The minimum atomic E-state index is -0.527. The Morgan fingerprint density at radius 3 is 2.67 bits per heavy atom. The summed E-state index contributed by atoms with van der Waals surface area (Å²) in [5.74, 6) is 0.797. The van der Waals surface area contributed by atoms with Crippen molar-refractivity contribution in [3.05, 3.63) is 29.3 Å². The Balaban J connectivity index is 3.05. The third-order valence-electron chi connectivity index (χ3n) is 2.69. The van der Waals surface area contributed by atoms with E-state index in [-0.39, 0.29) is 12.5 Å². The predicted octanol–water partition coefficient (Wildman–Crippen LogP) is 1.43. The van der Waals surface area contributed by atoms with Crippen molar-refractivity contribution in [1.29, 1.82) is 0 Å². The van der Waals surface area contributed by atoms with Crippen LogP contribution in [0.1, 0.15) is 24.0 Å². The molecule has 3 nitrogen and oxygen atoms in total. The van der Waals surface area contributed by atoms with E-state index in [1.54, 1.807) is 7.11 Å². The highest BCUT2D eigenvalue weighted by Gasteiger charge is 2.18. The molecule has 2 unspecified atom stereocenters. The predicted molar refractivity (Wildman–Crippen MR) is 61.2 cm³/mol. The Bertz CT molecular complexity index is 325. The van der Waals surface area contributed by atoms with Crippen LogP contribution in [0.15, 0.2) is 18.2 Å². The third kappa shape index (κ3) is 2.70. The number of aliphatic hydroxyl groups is 1. The number of aliphatic hydroxyl groups excluding tert-OH is 1. The molecule has 3 N–H and O–H groups in total. The van der Waals surface area contributed by atoms with Crippen molar-refractivity contribution in [1.82, 2.24) is 0 Å². The third-order valence-corrected chi connectivity index (χ3v) is 2.69. The van der Waals surface area contributed by atoms with Crippen LogP contribution in [0, 0.1) is 6.92 Å². The van der Waals surface area contributed by atoms with Gasteiger partial charge in [-0.25, -0.2) is 0 Å². The number of hydrogen-bond donors (Lipinski definition) is 2. The number of rotatable bonds is 4.